The SMILES string of the molecule is CC(C)Cc1cccc2[nH]ccc12. The second kappa shape index (κ2) is 3.25. The van der Waals surface area contributed by atoms with Crippen LogP contribution < -0.4 is 0 Å². The number of aromatic amines is 1. The monoisotopic (exact) mass is 173 g/mol. The number of rotatable bonds is 2. The van der Waals surface area contributed by atoms with Crippen molar-refractivity contribution in [3.8, 4) is 0 Å². The molecule has 1 N–H and O–H groups in total. The van der Waals surface area contributed by atoms with Crippen LogP contribution in [0.3, 0.4) is 0 Å². The zero-order valence-corrected chi connectivity index (χ0v) is 8.17. The summed E-state index contributed by atoms with van der Waals surface area (Å²) in [4.78, 5) is 3.23. The summed E-state index contributed by atoms with van der Waals surface area (Å²) in [6, 6.07) is 8.62. The van der Waals surface area contributed by atoms with Crippen LogP contribution >= 0.6 is 0 Å². The van der Waals surface area contributed by atoms with Crippen molar-refractivity contribution in [2.24, 2.45) is 5.92 Å². The van der Waals surface area contributed by atoms with Gasteiger partial charge in [-0.05, 0) is 30.0 Å². The smallest absolute Gasteiger partial charge is 0.0456 e. The van der Waals surface area contributed by atoms with Gasteiger partial charge in [0.25, 0.3) is 0 Å². The van der Waals surface area contributed by atoms with Crippen LogP contribution in [0.2, 0.25) is 0 Å². The Morgan fingerprint density at radius 1 is 1.23 bits per heavy atom. The molecule has 0 radical (unpaired) electrons. The van der Waals surface area contributed by atoms with Gasteiger partial charge in [0, 0.05) is 17.1 Å². The van der Waals surface area contributed by atoms with Crippen LogP contribution in [0.5, 0.6) is 0 Å². The first-order valence-corrected chi connectivity index (χ1v) is 4.82. The summed E-state index contributed by atoms with van der Waals surface area (Å²) < 4.78 is 0. The Labute approximate surface area is 78.8 Å². The molecule has 0 unspecified atom stereocenters. The van der Waals surface area contributed by atoms with E-state index in [2.05, 4.69) is 43.1 Å². The van der Waals surface area contributed by atoms with Crippen LogP contribution in [0.1, 0.15) is 19.4 Å². The molecule has 1 nitrogen and oxygen atoms in total. The molecular formula is C12H15N. The second-order valence-electron chi connectivity index (χ2n) is 3.95. The van der Waals surface area contributed by atoms with Gasteiger partial charge in [0.2, 0.25) is 0 Å². The van der Waals surface area contributed by atoms with Gasteiger partial charge >= 0.3 is 0 Å². The Bertz CT molecular complexity index is 398. The fourth-order valence-corrected chi connectivity index (χ4v) is 1.77. The van der Waals surface area contributed by atoms with Gasteiger partial charge in [-0.3, -0.25) is 0 Å². The molecule has 1 aromatic heterocycles. The minimum absolute atomic E-state index is 0.723. The van der Waals surface area contributed by atoms with Crippen molar-refractivity contribution in [2.75, 3.05) is 0 Å². The summed E-state index contributed by atoms with van der Waals surface area (Å²) >= 11 is 0. The van der Waals surface area contributed by atoms with Gasteiger partial charge in [0.1, 0.15) is 0 Å². The first kappa shape index (κ1) is 8.36. The van der Waals surface area contributed by atoms with Crippen LogP contribution in [0, 0.1) is 5.92 Å². The van der Waals surface area contributed by atoms with Gasteiger partial charge < -0.3 is 4.98 Å². The highest BCUT2D eigenvalue weighted by Crippen LogP contribution is 2.19. The third-order valence-corrected chi connectivity index (χ3v) is 2.31. The summed E-state index contributed by atoms with van der Waals surface area (Å²) in [6.45, 7) is 4.51. The predicted octanol–water partition coefficient (Wildman–Crippen LogP) is 3.37. The van der Waals surface area contributed by atoms with Gasteiger partial charge in [0.15, 0.2) is 0 Å². The predicted molar refractivity (Wildman–Crippen MR) is 56.8 cm³/mol. The lowest BCUT2D eigenvalue weighted by Crippen LogP contribution is -1.93. The molecule has 2 aromatic rings. The number of H-pyrrole nitrogens is 1. The highest BCUT2D eigenvalue weighted by molar-refractivity contribution is 5.82. The standard InChI is InChI=1S/C12H15N/c1-9(2)8-10-4-3-5-12-11(10)6-7-13-12/h3-7,9,13H,8H2,1-2H3. The molecule has 0 atom stereocenters. The first-order chi connectivity index (χ1) is 6.27. The van der Waals surface area contributed by atoms with Crippen molar-refractivity contribution < 1.29 is 0 Å². The molecular weight excluding hydrogens is 158 g/mol. The van der Waals surface area contributed by atoms with E-state index in [9.17, 15) is 0 Å². The number of nitrogens with one attached hydrogen (secondary N) is 1. The molecule has 1 aromatic carbocycles. The fraction of sp³-hybridized carbons (Fsp3) is 0.333. The molecule has 1 heterocycles. The van der Waals surface area contributed by atoms with E-state index < -0.39 is 0 Å². The third kappa shape index (κ3) is 1.59. The lowest BCUT2D eigenvalue weighted by Gasteiger charge is -2.05. The lowest BCUT2D eigenvalue weighted by molar-refractivity contribution is 0.650. The van der Waals surface area contributed by atoms with Gasteiger partial charge in [-0.1, -0.05) is 26.0 Å². The summed E-state index contributed by atoms with van der Waals surface area (Å²) in [5, 5.41) is 1.37. The minimum Gasteiger partial charge on any atom is -0.361 e. The van der Waals surface area contributed by atoms with E-state index in [4.69, 9.17) is 0 Å². The van der Waals surface area contributed by atoms with Crippen LogP contribution in [-0.4, -0.2) is 4.98 Å². The van der Waals surface area contributed by atoms with Crippen molar-refractivity contribution in [2.45, 2.75) is 20.3 Å². The largest absolute Gasteiger partial charge is 0.361 e. The van der Waals surface area contributed by atoms with Crippen molar-refractivity contribution in [1.29, 1.82) is 0 Å². The van der Waals surface area contributed by atoms with Crippen LogP contribution in [-0.2, 0) is 6.42 Å². The normalized spacial score (nSPS) is 11.3. The number of hydrogen-bond acceptors (Lipinski definition) is 0. The molecule has 2 rings (SSSR count). The molecule has 0 saturated carbocycles. The summed E-state index contributed by atoms with van der Waals surface area (Å²) in [5.41, 5.74) is 2.70. The topological polar surface area (TPSA) is 15.8 Å². The Hall–Kier alpha value is -1.24. The van der Waals surface area contributed by atoms with Gasteiger partial charge in [0.05, 0.1) is 0 Å². The molecule has 0 bridgehead atoms. The van der Waals surface area contributed by atoms with Gasteiger partial charge in [-0.15, -0.1) is 0 Å². The van der Waals surface area contributed by atoms with E-state index in [1.165, 1.54) is 16.5 Å². The van der Waals surface area contributed by atoms with Crippen LogP contribution in [0.4, 0.5) is 0 Å². The van der Waals surface area contributed by atoms with Crippen molar-refractivity contribution in [3.63, 3.8) is 0 Å². The van der Waals surface area contributed by atoms with E-state index in [1.807, 2.05) is 6.20 Å². The summed E-state index contributed by atoms with van der Waals surface area (Å²) in [6.07, 6.45) is 3.17. The van der Waals surface area contributed by atoms with Gasteiger partial charge in [-0.25, -0.2) is 0 Å². The lowest BCUT2D eigenvalue weighted by atomic mass is 10.00. The second-order valence-corrected chi connectivity index (χ2v) is 3.95. The maximum Gasteiger partial charge on any atom is 0.0456 e. The Kier molecular flexibility index (Phi) is 2.09. The molecule has 0 fully saturated rings. The molecule has 0 saturated heterocycles. The number of aromatic nitrogens is 1. The maximum atomic E-state index is 3.23. The quantitative estimate of drug-likeness (QED) is 0.716. The highest BCUT2D eigenvalue weighted by atomic mass is 14.7. The van der Waals surface area contributed by atoms with E-state index in [0.717, 1.165) is 12.3 Å². The molecule has 0 spiro atoms. The number of hydrogen-bond donors (Lipinski definition) is 1. The van der Waals surface area contributed by atoms with Crippen LogP contribution in [0.15, 0.2) is 30.5 Å². The Balaban J connectivity index is 2.48. The zero-order valence-electron chi connectivity index (χ0n) is 8.17. The Morgan fingerprint density at radius 3 is 2.85 bits per heavy atom. The molecule has 0 amide bonds. The van der Waals surface area contributed by atoms with Crippen molar-refractivity contribution in [3.05, 3.63) is 36.0 Å². The molecule has 13 heavy (non-hydrogen) atoms. The average Bonchev–Trinajstić information content (AvgIpc) is 2.51. The average molecular weight is 173 g/mol. The van der Waals surface area contributed by atoms with E-state index in [1.54, 1.807) is 0 Å². The third-order valence-electron chi connectivity index (χ3n) is 2.31. The first-order valence-electron chi connectivity index (χ1n) is 4.82. The molecule has 0 aliphatic carbocycles. The summed E-state index contributed by atoms with van der Waals surface area (Å²) in [5.74, 6) is 0.723. The highest BCUT2D eigenvalue weighted by Gasteiger charge is 2.02. The van der Waals surface area contributed by atoms with Gasteiger partial charge in [-0.2, -0.15) is 0 Å². The fourth-order valence-electron chi connectivity index (χ4n) is 1.77. The molecule has 68 valence electrons. The number of benzene rings is 1. The number of fused-ring (bicyclic) bond motifs is 1. The Morgan fingerprint density at radius 2 is 2.08 bits per heavy atom. The van der Waals surface area contributed by atoms with Crippen LogP contribution in [0.25, 0.3) is 10.9 Å². The van der Waals surface area contributed by atoms with E-state index in [-0.39, 0.29) is 0 Å². The van der Waals surface area contributed by atoms with Crippen molar-refractivity contribution >= 4 is 10.9 Å². The molecule has 1 heteroatoms. The zero-order chi connectivity index (χ0) is 9.26. The summed E-state index contributed by atoms with van der Waals surface area (Å²) in [7, 11) is 0. The van der Waals surface area contributed by atoms with E-state index >= 15 is 0 Å². The maximum absolute atomic E-state index is 3.23. The van der Waals surface area contributed by atoms with E-state index in [0.29, 0.717) is 0 Å². The molecule has 0 aliphatic rings. The molecule has 0 aliphatic heterocycles. The van der Waals surface area contributed by atoms with Crippen molar-refractivity contribution in [1.82, 2.24) is 4.98 Å². The minimum atomic E-state index is 0.723.